The maximum atomic E-state index is 12.7. The molecule has 2 unspecified atom stereocenters. The van der Waals surface area contributed by atoms with E-state index in [-0.39, 0.29) is 42.7 Å². The molecule has 0 radical (unpaired) electrons. The number of carbonyl (C=O) groups excluding carboxylic acids is 2. The second kappa shape index (κ2) is 35.8. The van der Waals surface area contributed by atoms with Crippen LogP contribution in [0.1, 0.15) is 142 Å². The van der Waals surface area contributed by atoms with Crippen molar-refractivity contribution < 1.29 is 38.2 Å². The highest BCUT2D eigenvalue weighted by molar-refractivity contribution is 5.72. The molecule has 302 valence electrons. The fourth-order valence-electron chi connectivity index (χ4n) is 5.41. The Kier molecular flexibility index (Phi) is 33.6. The van der Waals surface area contributed by atoms with Crippen LogP contribution in [-0.4, -0.2) is 80.6 Å². The van der Waals surface area contributed by atoms with Gasteiger partial charge in [-0.05, 0) is 77.0 Å². The number of hydrogen-bond acceptors (Lipinski definition) is 6. The molecular formula is C45H76NO7+. The molecule has 0 aromatic rings. The Labute approximate surface area is 323 Å². The van der Waals surface area contributed by atoms with Gasteiger partial charge in [-0.25, -0.2) is 4.79 Å². The number of ether oxygens (including phenoxy) is 3. The number of allylic oxidation sites excluding steroid dienone is 12. The average molecular weight is 743 g/mol. The Hall–Kier alpha value is -3.23. The molecule has 0 aromatic heterocycles. The SMILES string of the molecule is CC/C=C\C/C=C\C/C=C\C/C=C\C/C=C\CCCC(=O)OC(COCCC(C(=O)O)[N+](C)(C)C)COC(=O)CCCCCCC/C=C\CCCCC. The first-order chi connectivity index (χ1) is 25.6. The van der Waals surface area contributed by atoms with E-state index in [0.29, 0.717) is 19.3 Å². The zero-order chi connectivity index (χ0) is 39.3. The Morgan fingerprint density at radius 1 is 0.585 bits per heavy atom. The third-order valence-corrected chi connectivity index (χ3v) is 8.59. The highest BCUT2D eigenvalue weighted by Crippen LogP contribution is 2.12. The average Bonchev–Trinajstić information content (AvgIpc) is 3.11. The van der Waals surface area contributed by atoms with E-state index in [1.807, 2.05) is 21.1 Å². The molecule has 53 heavy (non-hydrogen) atoms. The number of unbranched alkanes of at least 4 members (excludes halogenated alkanes) is 9. The van der Waals surface area contributed by atoms with Crippen LogP contribution in [0.4, 0.5) is 0 Å². The van der Waals surface area contributed by atoms with Crippen molar-refractivity contribution in [1.29, 1.82) is 0 Å². The van der Waals surface area contributed by atoms with E-state index < -0.39 is 18.1 Å². The summed E-state index contributed by atoms with van der Waals surface area (Å²) in [4.78, 5) is 36.8. The van der Waals surface area contributed by atoms with E-state index >= 15 is 0 Å². The largest absolute Gasteiger partial charge is 0.477 e. The summed E-state index contributed by atoms with van der Waals surface area (Å²) >= 11 is 0. The van der Waals surface area contributed by atoms with Crippen molar-refractivity contribution in [1.82, 2.24) is 0 Å². The molecule has 0 saturated heterocycles. The van der Waals surface area contributed by atoms with Gasteiger partial charge in [-0.1, -0.05) is 119 Å². The Morgan fingerprint density at radius 3 is 1.64 bits per heavy atom. The lowest BCUT2D eigenvalue weighted by atomic mass is 10.1. The van der Waals surface area contributed by atoms with Crippen molar-refractivity contribution >= 4 is 17.9 Å². The van der Waals surface area contributed by atoms with Crippen LogP contribution in [-0.2, 0) is 28.6 Å². The number of aliphatic carboxylic acids is 1. The zero-order valence-corrected chi connectivity index (χ0v) is 34.2. The molecule has 1 N–H and O–H groups in total. The Balaban J connectivity index is 4.52. The van der Waals surface area contributed by atoms with Crippen LogP contribution in [0.2, 0.25) is 0 Å². The lowest BCUT2D eigenvalue weighted by Gasteiger charge is -2.31. The van der Waals surface area contributed by atoms with Crippen molar-refractivity contribution in [2.75, 3.05) is 41.0 Å². The quantitative estimate of drug-likeness (QED) is 0.0299. The second-order valence-corrected chi connectivity index (χ2v) is 14.5. The second-order valence-electron chi connectivity index (χ2n) is 14.5. The van der Waals surface area contributed by atoms with E-state index in [9.17, 15) is 19.5 Å². The minimum Gasteiger partial charge on any atom is -0.477 e. The standard InChI is InChI=1S/C45H75NO7/c1-6-8-10-12-14-16-18-20-21-22-23-24-26-28-30-32-34-36-44(48)53-41(39-51-38-37-42(45(49)50)46(3,4)5)40-52-43(47)35-33-31-29-27-25-19-17-15-13-11-9-7-2/h8,10,14-17,20-21,23-24,28,30,41-42H,6-7,9,11-13,18-19,22,25-27,29,31-40H2,1-5H3/p+1/b10-8-,16-14-,17-15-,21-20-,24-23-,30-28-. The first-order valence-corrected chi connectivity index (χ1v) is 20.5. The summed E-state index contributed by atoms with van der Waals surface area (Å²) in [5.74, 6) is -1.57. The van der Waals surface area contributed by atoms with Crippen LogP contribution in [0.5, 0.6) is 0 Å². The fraction of sp³-hybridized carbons (Fsp3) is 0.667. The maximum absolute atomic E-state index is 12.7. The van der Waals surface area contributed by atoms with Crippen LogP contribution < -0.4 is 0 Å². The normalized spacial score (nSPS) is 13.8. The monoisotopic (exact) mass is 743 g/mol. The number of rotatable bonds is 35. The lowest BCUT2D eigenvalue weighted by molar-refractivity contribution is -0.887. The Morgan fingerprint density at radius 2 is 1.08 bits per heavy atom. The van der Waals surface area contributed by atoms with Crippen LogP contribution in [0.15, 0.2) is 72.9 Å². The van der Waals surface area contributed by atoms with E-state index in [1.165, 1.54) is 32.1 Å². The van der Waals surface area contributed by atoms with E-state index in [0.717, 1.165) is 70.6 Å². The van der Waals surface area contributed by atoms with E-state index in [1.54, 1.807) is 0 Å². The summed E-state index contributed by atoms with van der Waals surface area (Å²) < 4.78 is 17.2. The van der Waals surface area contributed by atoms with Gasteiger partial charge >= 0.3 is 17.9 Å². The number of carbonyl (C=O) groups is 3. The van der Waals surface area contributed by atoms with Gasteiger partial charge in [-0.3, -0.25) is 9.59 Å². The van der Waals surface area contributed by atoms with Crippen molar-refractivity contribution in [3.8, 4) is 0 Å². The summed E-state index contributed by atoms with van der Waals surface area (Å²) in [6.45, 7) is 4.50. The summed E-state index contributed by atoms with van der Waals surface area (Å²) in [5.41, 5.74) is 0. The van der Waals surface area contributed by atoms with Crippen LogP contribution in [0.25, 0.3) is 0 Å². The lowest BCUT2D eigenvalue weighted by Crippen LogP contribution is -2.50. The molecule has 0 heterocycles. The molecule has 2 atom stereocenters. The number of quaternary nitrogens is 1. The molecule has 0 aromatic carbocycles. The zero-order valence-electron chi connectivity index (χ0n) is 34.2. The van der Waals surface area contributed by atoms with E-state index in [2.05, 4.69) is 86.8 Å². The van der Waals surface area contributed by atoms with Gasteiger partial charge < -0.3 is 23.8 Å². The topological polar surface area (TPSA) is 99.1 Å². The molecule has 0 aliphatic heterocycles. The first-order valence-electron chi connectivity index (χ1n) is 20.5. The van der Waals surface area contributed by atoms with Crippen molar-refractivity contribution in [2.45, 2.75) is 154 Å². The number of hydrogen-bond donors (Lipinski definition) is 1. The predicted molar refractivity (Wildman–Crippen MR) is 220 cm³/mol. The molecule has 8 heteroatoms. The third-order valence-electron chi connectivity index (χ3n) is 8.59. The number of likely N-dealkylation sites (N-methyl/N-ethyl adjacent to an activating group) is 1. The van der Waals surface area contributed by atoms with Crippen molar-refractivity contribution in [3.05, 3.63) is 72.9 Å². The van der Waals surface area contributed by atoms with Crippen molar-refractivity contribution in [3.63, 3.8) is 0 Å². The summed E-state index contributed by atoms with van der Waals surface area (Å²) in [5, 5.41) is 9.60. The summed E-state index contributed by atoms with van der Waals surface area (Å²) in [6.07, 6.45) is 43.8. The van der Waals surface area contributed by atoms with Gasteiger partial charge in [0, 0.05) is 19.3 Å². The fourth-order valence-corrected chi connectivity index (χ4v) is 5.41. The maximum Gasteiger partial charge on any atom is 0.362 e. The summed E-state index contributed by atoms with van der Waals surface area (Å²) in [7, 11) is 5.49. The molecule has 0 aliphatic carbocycles. The van der Waals surface area contributed by atoms with Gasteiger partial charge in [0.1, 0.15) is 6.61 Å². The molecule has 0 bridgehead atoms. The van der Waals surface area contributed by atoms with Crippen molar-refractivity contribution in [2.24, 2.45) is 0 Å². The first kappa shape index (κ1) is 49.8. The van der Waals surface area contributed by atoms with Gasteiger partial charge in [0.05, 0.1) is 34.4 Å². The molecular weight excluding hydrogens is 666 g/mol. The highest BCUT2D eigenvalue weighted by Gasteiger charge is 2.31. The molecule has 0 saturated carbocycles. The van der Waals surface area contributed by atoms with Gasteiger partial charge in [-0.2, -0.15) is 0 Å². The smallest absolute Gasteiger partial charge is 0.362 e. The van der Waals surface area contributed by atoms with Gasteiger partial charge in [0.25, 0.3) is 0 Å². The number of esters is 2. The minimum absolute atomic E-state index is 0.0321. The Bertz CT molecular complexity index is 1100. The van der Waals surface area contributed by atoms with Gasteiger partial charge in [-0.15, -0.1) is 0 Å². The molecule has 8 nitrogen and oxygen atoms in total. The van der Waals surface area contributed by atoms with Gasteiger partial charge in [0.15, 0.2) is 12.1 Å². The number of carboxylic acids is 1. The molecule has 0 spiro atoms. The van der Waals surface area contributed by atoms with Crippen LogP contribution >= 0.6 is 0 Å². The number of carboxylic acid groups (broad SMARTS) is 1. The molecule has 0 fully saturated rings. The van der Waals surface area contributed by atoms with Crippen LogP contribution in [0.3, 0.4) is 0 Å². The molecule has 0 rings (SSSR count). The van der Waals surface area contributed by atoms with Crippen LogP contribution in [0, 0.1) is 0 Å². The molecule has 0 aliphatic rings. The predicted octanol–water partition coefficient (Wildman–Crippen LogP) is 10.8. The van der Waals surface area contributed by atoms with Gasteiger partial charge in [0.2, 0.25) is 0 Å². The van der Waals surface area contributed by atoms with E-state index in [4.69, 9.17) is 14.2 Å². The number of nitrogens with zero attached hydrogens (tertiary/aromatic N) is 1. The third kappa shape index (κ3) is 34.3. The summed E-state index contributed by atoms with van der Waals surface area (Å²) in [6, 6.07) is -0.628. The molecule has 0 amide bonds. The highest BCUT2D eigenvalue weighted by atomic mass is 16.6. The minimum atomic E-state index is -0.889.